The standard InChI is InChI=1S/C17H17NO6S2/c1-23-16(19)11-8-12(17(20)24-2)10-13(9-11)18-26(21,22)15-6-4-14(25-3)5-7-15/h4-10,18H,1-3H3. The van der Waals surface area contributed by atoms with Crippen LogP contribution < -0.4 is 4.72 Å². The van der Waals surface area contributed by atoms with E-state index in [1.165, 1.54) is 56.3 Å². The normalized spacial score (nSPS) is 10.9. The minimum atomic E-state index is -3.90. The van der Waals surface area contributed by atoms with Crippen molar-refractivity contribution < 1.29 is 27.5 Å². The molecule has 0 aliphatic carbocycles. The predicted octanol–water partition coefficient (Wildman–Crippen LogP) is 2.78. The van der Waals surface area contributed by atoms with Crippen LogP contribution in [0.2, 0.25) is 0 Å². The van der Waals surface area contributed by atoms with Crippen LogP contribution in [0.3, 0.4) is 0 Å². The number of rotatable bonds is 6. The number of esters is 2. The number of anilines is 1. The highest BCUT2D eigenvalue weighted by molar-refractivity contribution is 7.98. The third kappa shape index (κ3) is 4.55. The third-order valence-electron chi connectivity index (χ3n) is 3.40. The number of carbonyl (C=O) groups is 2. The fourth-order valence-electron chi connectivity index (χ4n) is 2.13. The van der Waals surface area contributed by atoms with Gasteiger partial charge in [-0.25, -0.2) is 18.0 Å². The van der Waals surface area contributed by atoms with E-state index in [0.29, 0.717) is 0 Å². The second kappa shape index (κ2) is 8.24. The van der Waals surface area contributed by atoms with E-state index in [1.807, 2.05) is 6.26 Å². The molecule has 0 unspecified atom stereocenters. The summed E-state index contributed by atoms with van der Waals surface area (Å²) in [5.74, 6) is -1.42. The molecular weight excluding hydrogens is 378 g/mol. The van der Waals surface area contributed by atoms with Crippen LogP contribution in [0.5, 0.6) is 0 Å². The first-order valence-corrected chi connectivity index (χ1v) is 10.00. The van der Waals surface area contributed by atoms with Gasteiger partial charge in [0.2, 0.25) is 0 Å². The number of hydrogen-bond donors (Lipinski definition) is 1. The molecule has 138 valence electrons. The molecule has 0 aliphatic heterocycles. The Morgan fingerprint density at radius 2 is 1.42 bits per heavy atom. The molecule has 1 N–H and O–H groups in total. The molecule has 0 fully saturated rings. The molecule has 2 rings (SSSR count). The van der Waals surface area contributed by atoms with Crippen LogP contribution in [0.25, 0.3) is 0 Å². The summed E-state index contributed by atoms with van der Waals surface area (Å²) >= 11 is 1.49. The van der Waals surface area contributed by atoms with E-state index in [9.17, 15) is 18.0 Å². The maximum Gasteiger partial charge on any atom is 0.337 e. The van der Waals surface area contributed by atoms with Gasteiger partial charge in [-0.05, 0) is 48.7 Å². The molecule has 0 amide bonds. The van der Waals surface area contributed by atoms with E-state index in [-0.39, 0.29) is 21.7 Å². The van der Waals surface area contributed by atoms with Crippen LogP contribution in [0.1, 0.15) is 20.7 Å². The molecule has 0 heterocycles. The molecule has 0 saturated carbocycles. The Morgan fingerprint density at radius 3 is 1.85 bits per heavy atom. The van der Waals surface area contributed by atoms with Crippen LogP contribution in [0, 0.1) is 0 Å². The Morgan fingerprint density at radius 1 is 0.923 bits per heavy atom. The van der Waals surface area contributed by atoms with Gasteiger partial charge in [0, 0.05) is 4.90 Å². The summed E-state index contributed by atoms with van der Waals surface area (Å²) in [6.07, 6.45) is 1.88. The number of thioether (sulfide) groups is 1. The average molecular weight is 395 g/mol. The zero-order valence-electron chi connectivity index (χ0n) is 14.3. The summed E-state index contributed by atoms with van der Waals surface area (Å²) < 4.78 is 36.7. The van der Waals surface area contributed by atoms with Crippen molar-refractivity contribution in [2.75, 3.05) is 25.2 Å². The van der Waals surface area contributed by atoms with Gasteiger partial charge in [0.25, 0.3) is 10.0 Å². The fourth-order valence-corrected chi connectivity index (χ4v) is 3.58. The summed E-state index contributed by atoms with van der Waals surface area (Å²) in [4.78, 5) is 24.5. The minimum Gasteiger partial charge on any atom is -0.465 e. The van der Waals surface area contributed by atoms with Crippen LogP contribution >= 0.6 is 11.8 Å². The molecule has 7 nitrogen and oxygen atoms in total. The summed E-state index contributed by atoms with van der Waals surface area (Å²) in [5.41, 5.74) is 0.0823. The lowest BCUT2D eigenvalue weighted by Crippen LogP contribution is -2.15. The summed E-state index contributed by atoms with van der Waals surface area (Å²) in [6, 6.07) is 10.1. The molecule has 2 aromatic carbocycles. The molecule has 2 aromatic rings. The van der Waals surface area contributed by atoms with Crippen molar-refractivity contribution in [3.63, 3.8) is 0 Å². The Balaban J connectivity index is 2.42. The second-order valence-corrected chi connectivity index (χ2v) is 7.63. The van der Waals surface area contributed by atoms with Gasteiger partial charge in [-0.15, -0.1) is 11.8 Å². The summed E-state index contributed by atoms with van der Waals surface area (Å²) in [7, 11) is -1.53. The van der Waals surface area contributed by atoms with E-state index in [0.717, 1.165) is 4.90 Å². The minimum absolute atomic E-state index is 0.0193. The van der Waals surface area contributed by atoms with Crippen molar-refractivity contribution in [2.45, 2.75) is 9.79 Å². The van der Waals surface area contributed by atoms with Crippen molar-refractivity contribution in [3.05, 3.63) is 53.6 Å². The third-order valence-corrected chi connectivity index (χ3v) is 5.54. The maximum absolute atomic E-state index is 12.6. The number of sulfonamides is 1. The number of ether oxygens (including phenoxy) is 2. The van der Waals surface area contributed by atoms with Crippen molar-refractivity contribution >= 4 is 39.4 Å². The van der Waals surface area contributed by atoms with Crippen LogP contribution in [-0.4, -0.2) is 40.8 Å². The zero-order chi connectivity index (χ0) is 19.3. The molecule has 26 heavy (non-hydrogen) atoms. The van der Waals surface area contributed by atoms with E-state index in [2.05, 4.69) is 14.2 Å². The van der Waals surface area contributed by atoms with Crippen molar-refractivity contribution in [2.24, 2.45) is 0 Å². The SMILES string of the molecule is COC(=O)c1cc(NS(=O)(=O)c2ccc(SC)cc2)cc(C(=O)OC)c1. The zero-order valence-corrected chi connectivity index (χ0v) is 15.9. The highest BCUT2D eigenvalue weighted by Crippen LogP contribution is 2.22. The predicted molar refractivity (Wildman–Crippen MR) is 98.2 cm³/mol. The molecule has 0 aromatic heterocycles. The average Bonchev–Trinajstić information content (AvgIpc) is 2.66. The van der Waals surface area contributed by atoms with Crippen LogP contribution in [-0.2, 0) is 19.5 Å². The van der Waals surface area contributed by atoms with Crippen molar-refractivity contribution in [3.8, 4) is 0 Å². The fraction of sp³-hybridized carbons (Fsp3) is 0.176. The second-order valence-electron chi connectivity index (χ2n) is 5.06. The highest BCUT2D eigenvalue weighted by Gasteiger charge is 2.18. The topological polar surface area (TPSA) is 98.8 Å². The maximum atomic E-state index is 12.6. The number of methoxy groups -OCH3 is 2. The Kier molecular flexibility index (Phi) is 6.27. The number of nitrogens with one attached hydrogen (secondary N) is 1. The van der Waals surface area contributed by atoms with Gasteiger partial charge in [0.1, 0.15) is 0 Å². The van der Waals surface area contributed by atoms with E-state index < -0.39 is 22.0 Å². The Bertz CT molecular complexity index is 889. The van der Waals surface area contributed by atoms with Gasteiger partial charge in [-0.2, -0.15) is 0 Å². The van der Waals surface area contributed by atoms with Gasteiger partial charge in [-0.3, -0.25) is 4.72 Å². The van der Waals surface area contributed by atoms with Crippen LogP contribution in [0.15, 0.2) is 52.3 Å². The van der Waals surface area contributed by atoms with Gasteiger partial charge >= 0.3 is 11.9 Å². The number of benzene rings is 2. The van der Waals surface area contributed by atoms with Crippen LogP contribution in [0.4, 0.5) is 5.69 Å². The summed E-state index contributed by atoms with van der Waals surface area (Å²) in [6.45, 7) is 0. The van der Waals surface area contributed by atoms with Gasteiger partial charge in [0.15, 0.2) is 0 Å². The molecule has 0 atom stereocenters. The molecule has 0 bridgehead atoms. The molecule has 0 saturated heterocycles. The van der Waals surface area contributed by atoms with Gasteiger partial charge < -0.3 is 9.47 Å². The van der Waals surface area contributed by atoms with E-state index >= 15 is 0 Å². The lowest BCUT2D eigenvalue weighted by Gasteiger charge is -2.11. The molecule has 9 heteroatoms. The van der Waals surface area contributed by atoms with Crippen molar-refractivity contribution in [1.82, 2.24) is 0 Å². The van der Waals surface area contributed by atoms with Gasteiger partial charge in [0.05, 0.1) is 35.9 Å². The quantitative estimate of drug-likeness (QED) is 0.593. The lowest BCUT2D eigenvalue weighted by atomic mass is 10.1. The Hall–Kier alpha value is -2.52. The first kappa shape index (κ1) is 19.8. The number of hydrogen-bond acceptors (Lipinski definition) is 7. The Labute approximate surface area is 155 Å². The molecular formula is C17H17NO6S2. The first-order valence-electron chi connectivity index (χ1n) is 7.29. The van der Waals surface area contributed by atoms with E-state index in [1.54, 1.807) is 12.1 Å². The largest absolute Gasteiger partial charge is 0.465 e. The number of carbonyl (C=O) groups excluding carboxylic acids is 2. The lowest BCUT2D eigenvalue weighted by molar-refractivity contribution is 0.0599. The smallest absolute Gasteiger partial charge is 0.337 e. The summed E-state index contributed by atoms with van der Waals surface area (Å²) in [5, 5.41) is 0. The monoisotopic (exact) mass is 395 g/mol. The van der Waals surface area contributed by atoms with Gasteiger partial charge in [-0.1, -0.05) is 0 Å². The highest BCUT2D eigenvalue weighted by atomic mass is 32.2. The molecule has 0 aliphatic rings. The van der Waals surface area contributed by atoms with E-state index in [4.69, 9.17) is 0 Å². The van der Waals surface area contributed by atoms with Crippen molar-refractivity contribution in [1.29, 1.82) is 0 Å². The molecule has 0 spiro atoms. The molecule has 0 radical (unpaired) electrons. The first-order chi connectivity index (χ1) is 12.3.